The monoisotopic (exact) mass is 269 g/mol. The van der Waals surface area contributed by atoms with Gasteiger partial charge in [0.15, 0.2) is 0 Å². The third-order valence-electron chi connectivity index (χ3n) is 4.08. The van der Waals surface area contributed by atoms with Crippen LogP contribution in [0.4, 0.5) is 4.79 Å². The summed E-state index contributed by atoms with van der Waals surface area (Å²) in [5.74, 6) is 0.0821. The summed E-state index contributed by atoms with van der Waals surface area (Å²) in [5.41, 5.74) is 0. The van der Waals surface area contributed by atoms with Crippen LogP contribution in [-0.4, -0.2) is 79.1 Å². The Morgan fingerprint density at radius 1 is 1.16 bits per heavy atom. The van der Waals surface area contributed by atoms with Gasteiger partial charge < -0.3 is 14.5 Å². The largest absolute Gasteiger partial charge is 0.453 e. The van der Waals surface area contributed by atoms with Gasteiger partial charge in [-0.15, -0.1) is 0 Å². The topological polar surface area (TPSA) is 53.1 Å². The molecule has 2 rings (SSSR count). The van der Waals surface area contributed by atoms with Crippen LogP contribution in [0.3, 0.4) is 0 Å². The second kappa shape index (κ2) is 6.23. The summed E-state index contributed by atoms with van der Waals surface area (Å²) in [7, 11) is 1.36. The molecule has 0 aliphatic carbocycles. The Balaban J connectivity index is 1.94. The number of amides is 2. The maximum Gasteiger partial charge on any atom is 0.410 e. The lowest BCUT2D eigenvalue weighted by Crippen LogP contribution is -2.54. The first kappa shape index (κ1) is 14.1. The number of likely N-dealkylation sites (tertiary alicyclic amines) is 1. The van der Waals surface area contributed by atoms with E-state index in [-0.39, 0.29) is 18.0 Å². The van der Waals surface area contributed by atoms with E-state index in [1.807, 2.05) is 4.90 Å². The Morgan fingerprint density at radius 2 is 1.84 bits per heavy atom. The van der Waals surface area contributed by atoms with E-state index < -0.39 is 0 Å². The van der Waals surface area contributed by atoms with E-state index >= 15 is 0 Å². The standard InChI is InChI=1S/C13H23N3O3/c1-3-14-7-9-15(10-8-14)12(17)11-5-4-6-16(11)13(18)19-2/h11H,3-10H2,1-2H3. The lowest BCUT2D eigenvalue weighted by molar-refractivity contribution is -0.137. The number of hydrogen-bond donors (Lipinski definition) is 0. The van der Waals surface area contributed by atoms with Crippen LogP contribution in [0.2, 0.25) is 0 Å². The van der Waals surface area contributed by atoms with Crippen molar-refractivity contribution in [2.24, 2.45) is 0 Å². The zero-order valence-corrected chi connectivity index (χ0v) is 11.8. The van der Waals surface area contributed by atoms with Crippen molar-refractivity contribution in [1.82, 2.24) is 14.7 Å². The molecule has 2 amide bonds. The molecule has 2 aliphatic rings. The van der Waals surface area contributed by atoms with Gasteiger partial charge in [-0.25, -0.2) is 4.79 Å². The van der Waals surface area contributed by atoms with E-state index in [0.29, 0.717) is 6.54 Å². The van der Waals surface area contributed by atoms with Gasteiger partial charge in [-0.1, -0.05) is 6.92 Å². The minimum Gasteiger partial charge on any atom is -0.453 e. The zero-order valence-electron chi connectivity index (χ0n) is 11.8. The van der Waals surface area contributed by atoms with Gasteiger partial charge in [0.2, 0.25) is 5.91 Å². The fourth-order valence-corrected chi connectivity index (χ4v) is 2.85. The Morgan fingerprint density at radius 3 is 2.42 bits per heavy atom. The van der Waals surface area contributed by atoms with Crippen molar-refractivity contribution >= 4 is 12.0 Å². The first-order valence-corrected chi connectivity index (χ1v) is 7.03. The van der Waals surface area contributed by atoms with Crippen LogP contribution in [0.1, 0.15) is 19.8 Å². The molecule has 0 bridgehead atoms. The molecule has 0 spiro atoms. The van der Waals surface area contributed by atoms with Crippen LogP contribution in [-0.2, 0) is 9.53 Å². The van der Waals surface area contributed by atoms with E-state index in [1.165, 1.54) is 7.11 Å². The quantitative estimate of drug-likeness (QED) is 0.727. The Bertz CT molecular complexity index is 340. The molecule has 2 fully saturated rings. The summed E-state index contributed by atoms with van der Waals surface area (Å²) in [4.78, 5) is 29.9. The molecule has 0 aromatic heterocycles. The maximum atomic E-state index is 12.5. The highest BCUT2D eigenvalue weighted by molar-refractivity contribution is 5.86. The second-order valence-electron chi connectivity index (χ2n) is 5.08. The number of rotatable bonds is 2. The molecule has 0 N–H and O–H groups in total. The van der Waals surface area contributed by atoms with Crippen molar-refractivity contribution < 1.29 is 14.3 Å². The molecule has 1 atom stereocenters. The van der Waals surface area contributed by atoms with Crippen molar-refractivity contribution in [3.63, 3.8) is 0 Å². The van der Waals surface area contributed by atoms with Crippen LogP contribution in [0.15, 0.2) is 0 Å². The van der Waals surface area contributed by atoms with Crippen LogP contribution in [0.5, 0.6) is 0 Å². The van der Waals surface area contributed by atoms with Gasteiger partial charge >= 0.3 is 6.09 Å². The van der Waals surface area contributed by atoms with Gasteiger partial charge in [-0.3, -0.25) is 9.69 Å². The fraction of sp³-hybridized carbons (Fsp3) is 0.846. The van der Waals surface area contributed by atoms with E-state index in [4.69, 9.17) is 4.74 Å². The third-order valence-corrected chi connectivity index (χ3v) is 4.08. The number of methoxy groups -OCH3 is 1. The van der Waals surface area contributed by atoms with Crippen LogP contribution in [0.25, 0.3) is 0 Å². The van der Waals surface area contributed by atoms with Crippen molar-refractivity contribution in [3.05, 3.63) is 0 Å². The number of piperazine rings is 1. The van der Waals surface area contributed by atoms with Crippen molar-refractivity contribution in [1.29, 1.82) is 0 Å². The zero-order chi connectivity index (χ0) is 13.8. The summed E-state index contributed by atoms with van der Waals surface area (Å²) in [6.45, 7) is 7.15. The summed E-state index contributed by atoms with van der Waals surface area (Å²) in [5, 5.41) is 0. The fourth-order valence-electron chi connectivity index (χ4n) is 2.85. The van der Waals surface area contributed by atoms with Crippen molar-refractivity contribution in [3.8, 4) is 0 Å². The molecule has 6 heteroatoms. The van der Waals surface area contributed by atoms with Crippen molar-refractivity contribution in [2.75, 3.05) is 46.4 Å². The minimum atomic E-state index is -0.386. The molecule has 0 saturated carbocycles. The molecule has 0 aromatic carbocycles. The number of likely N-dealkylation sites (N-methyl/N-ethyl adjacent to an activating group) is 1. The van der Waals surface area contributed by atoms with Gasteiger partial charge in [-0.05, 0) is 19.4 Å². The highest BCUT2D eigenvalue weighted by Crippen LogP contribution is 2.20. The van der Waals surface area contributed by atoms with Gasteiger partial charge in [0, 0.05) is 32.7 Å². The highest BCUT2D eigenvalue weighted by atomic mass is 16.5. The van der Waals surface area contributed by atoms with Gasteiger partial charge in [-0.2, -0.15) is 0 Å². The molecule has 2 aliphatic heterocycles. The highest BCUT2D eigenvalue weighted by Gasteiger charge is 2.37. The molecule has 0 aromatic rings. The molecular formula is C13H23N3O3. The Labute approximate surface area is 114 Å². The first-order chi connectivity index (χ1) is 9.17. The van der Waals surface area contributed by atoms with E-state index in [1.54, 1.807) is 4.90 Å². The molecule has 2 heterocycles. The lowest BCUT2D eigenvalue weighted by Gasteiger charge is -2.36. The van der Waals surface area contributed by atoms with Crippen molar-refractivity contribution in [2.45, 2.75) is 25.8 Å². The maximum absolute atomic E-state index is 12.5. The number of carbonyl (C=O) groups excluding carboxylic acids is 2. The average molecular weight is 269 g/mol. The lowest BCUT2D eigenvalue weighted by atomic mass is 10.1. The first-order valence-electron chi connectivity index (χ1n) is 7.03. The minimum absolute atomic E-state index is 0.0821. The predicted octanol–water partition coefficient (Wildman–Crippen LogP) is 0.381. The molecule has 2 saturated heterocycles. The summed E-state index contributed by atoms with van der Waals surface area (Å²) in [6, 6.07) is -0.319. The molecule has 1 unspecified atom stereocenters. The van der Waals surface area contributed by atoms with Crippen LogP contribution >= 0.6 is 0 Å². The third kappa shape index (κ3) is 3.00. The van der Waals surface area contributed by atoms with Gasteiger partial charge in [0.25, 0.3) is 0 Å². The summed E-state index contributed by atoms with van der Waals surface area (Å²) in [6.07, 6.45) is 1.24. The average Bonchev–Trinajstić information content (AvgIpc) is 2.95. The molecular weight excluding hydrogens is 246 g/mol. The van der Waals surface area contributed by atoms with E-state index in [9.17, 15) is 9.59 Å². The Kier molecular flexibility index (Phi) is 4.63. The number of nitrogens with zero attached hydrogens (tertiary/aromatic N) is 3. The molecule has 6 nitrogen and oxygen atoms in total. The normalized spacial score (nSPS) is 24.6. The molecule has 19 heavy (non-hydrogen) atoms. The SMILES string of the molecule is CCN1CCN(C(=O)C2CCCN2C(=O)OC)CC1. The summed E-state index contributed by atoms with van der Waals surface area (Å²) < 4.78 is 4.74. The van der Waals surface area contributed by atoms with Gasteiger partial charge in [0.1, 0.15) is 6.04 Å². The Hall–Kier alpha value is -1.30. The number of carbonyl (C=O) groups is 2. The van der Waals surface area contributed by atoms with Crippen LogP contribution in [0, 0.1) is 0 Å². The number of ether oxygens (including phenoxy) is 1. The second-order valence-corrected chi connectivity index (χ2v) is 5.08. The number of hydrogen-bond acceptors (Lipinski definition) is 4. The predicted molar refractivity (Wildman–Crippen MR) is 70.8 cm³/mol. The molecule has 108 valence electrons. The smallest absolute Gasteiger partial charge is 0.410 e. The summed E-state index contributed by atoms with van der Waals surface area (Å²) >= 11 is 0. The van der Waals surface area contributed by atoms with Gasteiger partial charge in [0.05, 0.1) is 7.11 Å². The van der Waals surface area contributed by atoms with E-state index in [2.05, 4.69) is 11.8 Å². The van der Waals surface area contributed by atoms with Crippen LogP contribution < -0.4 is 0 Å². The van der Waals surface area contributed by atoms with E-state index in [0.717, 1.165) is 45.6 Å². The molecule has 0 radical (unpaired) electrons.